The third-order valence-corrected chi connectivity index (χ3v) is 1.02. The molecule has 1 rings (SSSR count). The van der Waals surface area contributed by atoms with Crippen molar-refractivity contribution in [2.24, 2.45) is 0 Å². The topological polar surface area (TPSA) is 44.0 Å². The van der Waals surface area contributed by atoms with E-state index in [-0.39, 0.29) is 35.3 Å². The van der Waals surface area contributed by atoms with Gasteiger partial charge in [0.05, 0.1) is 5.56 Å². The van der Waals surface area contributed by atoms with Crippen molar-refractivity contribution < 1.29 is 5.11 Å². The molecule has 0 amide bonds. The summed E-state index contributed by atoms with van der Waals surface area (Å²) in [6.07, 6.45) is 0. The minimum absolute atomic E-state index is 0. The molecule has 0 unspecified atom stereocenters. The molecule has 0 aliphatic heterocycles. The van der Waals surface area contributed by atoms with Crippen LogP contribution in [0.1, 0.15) is 5.56 Å². The summed E-state index contributed by atoms with van der Waals surface area (Å²) in [4.78, 5) is 0. The van der Waals surface area contributed by atoms with Gasteiger partial charge in [0.2, 0.25) is 0 Å². The quantitative estimate of drug-likeness (QED) is 0.546. The van der Waals surface area contributed by atoms with Gasteiger partial charge in [-0.1, -0.05) is 12.1 Å². The van der Waals surface area contributed by atoms with Crippen LogP contribution in [0.5, 0.6) is 5.75 Å². The fourth-order valence-corrected chi connectivity index (χ4v) is 0.568. The molecule has 2 nitrogen and oxygen atoms in total. The second-order valence-electron chi connectivity index (χ2n) is 1.63. The first-order valence-corrected chi connectivity index (χ1v) is 2.52. The van der Waals surface area contributed by atoms with Crippen LogP contribution >= 0.6 is 0 Å². The molecule has 0 spiro atoms. The van der Waals surface area contributed by atoms with Gasteiger partial charge in [0, 0.05) is 29.6 Å². The number of hydrogen-bond acceptors (Lipinski definition) is 2. The average molecular weight is 142 g/mol. The summed E-state index contributed by atoms with van der Waals surface area (Å²) in [7, 11) is 0. The van der Waals surface area contributed by atoms with Gasteiger partial charge in [0.1, 0.15) is 11.8 Å². The molecule has 0 fully saturated rings. The summed E-state index contributed by atoms with van der Waals surface area (Å²) in [5, 5.41) is 17.2. The van der Waals surface area contributed by atoms with Gasteiger partial charge < -0.3 is 5.11 Å². The van der Waals surface area contributed by atoms with Gasteiger partial charge in [0.25, 0.3) is 0 Å². The molecule has 1 N–H and O–H groups in total. The summed E-state index contributed by atoms with van der Waals surface area (Å²) in [5.74, 6) is 0.0417. The third-order valence-electron chi connectivity index (χ3n) is 1.02. The van der Waals surface area contributed by atoms with Gasteiger partial charge in [0.15, 0.2) is 0 Å². The number of para-hydroxylation sites is 1. The largest absolute Gasteiger partial charge is 0.507 e. The van der Waals surface area contributed by atoms with Crippen molar-refractivity contribution in [3.63, 3.8) is 0 Å². The summed E-state index contributed by atoms with van der Waals surface area (Å²) >= 11 is 0. The maximum Gasteiger partial charge on any atom is 0.133 e. The Hall–Kier alpha value is -0.490. The van der Waals surface area contributed by atoms with E-state index in [1.54, 1.807) is 18.2 Å². The van der Waals surface area contributed by atoms with Crippen molar-refractivity contribution in [3.8, 4) is 11.8 Å². The number of hydrogen-bond donors (Lipinski definition) is 1. The molecular formula is C7H5NNaO. The molecule has 1 radical (unpaired) electrons. The zero-order valence-corrected chi connectivity index (χ0v) is 7.70. The SMILES string of the molecule is N#Cc1ccccc1O.[Na]. The van der Waals surface area contributed by atoms with Gasteiger partial charge in [-0.2, -0.15) is 5.26 Å². The van der Waals surface area contributed by atoms with Crippen LogP contribution in [-0.2, 0) is 0 Å². The Morgan fingerprint density at radius 2 is 1.90 bits per heavy atom. The van der Waals surface area contributed by atoms with Gasteiger partial charge in [-0.25, -0.2) is 0 Å². The van der Waals surface area contributed by atoms with Crippen LogP contribution in [0.25, 0.3) is 0 Å². The molecule has 0 saturated carbocycles. The molecular weight excluding hydrogens is 137 g/mol. The van der Waals surface area contributed by atoms with Crippen LogP contribution in [-0.4, -0.2) is 34.7 Å². The summed E-state index contributed by atoms with van der Waals surface area (Å²) in [5.41, 5.74) is 0.317. The van der Waals surface area contributed by atoms with Crippen LogP contribution in [0.15, 0.2) is 24.3 Å². The van der Waals surface area contributed by atoms with Gasteiger partial charge >= 0.3 is 0 Å². The smallest absolute Gasteiger partial charge is 0.133 e. The minimum Gasteiger partial charge on any atom is -0.507 e. The van der Waals surface area contributed by atoms with Crippen molar-refractivity contribution in [1.82, 2.24) is 0 Å². The normalized spacial score (nSPS) is 7.50. The summed E-state index contributed by atoms with van der Waals surface area (Å²) in [6, 6.07) is 8.28. The molecule has 0 atom stereocenters. The van der Waals surface area contributed by atoms with Crippen molar-refractivity contribution in [1.29, 1.82) is 5.26 Å². The van der Waals surface area contributed by atoms with E-state index in [4.69, 9.17) is 10.4 Å². The number of benzene rings is 1. The van der Waals surface area contributed by atoms with Crippen LogP contribution in [0.3, 0.4) is 0 Å². The van der Waals surface area contributed by atoms with Crippen molar-refractivity contribution in [2.75, 3.05) is 0 Å². The molecule has 0 aromatic heterocycles. The first-order valence-electron chi connectivity index (χ1n) is 2.52. The summed E-state index contributed by atoms with van der Waals surface area (Å²) in [6.45, 7) is 0. The van der Waals surface area contributed by atoms with Crippen molar-refractivity contribution in [2.45, 2.75) is 0 Å². The molecule has 0 saturated heterocycles. The minimum atomic E-state index is 0. The van der Waals surface area contributed by atoms with Gasteiger partial charge in [-0.05, 0) is 12.1 Å². The predicted octanol–water partition coefficient (Wildman–Crippen LogP) is 0.883. The average Bonchev–Trinajstić information content (AvgIpc) is 1.89. The van der Waals surface area contributed by atoms with E-state index in [9.17, 15) is 0 Å². The van der Waals surface area contributed by atoms with E-state index in [2.05, 4.69) is 0 Å². The van der Waals surface area contributed by atoms with Gasteiger partial charge in [-0.3, -0.25) is 0 Å². The Morgan fingerprint density at radius 1 is 1.30 bits per heavy atom. The molecule has 0 heterocycles. The molecule has 3 heteroatoms. The maximum atomic E-state index is 8.89. The van der Waals surface area contributed by atoms with E-state index in [0.717, 1.165) is 0 Å². The van der Waals surface area contributed by atoms with Crippen molar-refractivity contribution in [3.05, 3.63) is 29.8 Å². The van der Waals surface area contributed by atoms with E-state index in [0.29, 0.717) is 5.56 Å². The third kappa shape index (κ3) is 2.03. The molecule has 45 valence electrons. The predicted molar refractivity (Wildman–Crippen MR) is 38.6 cm³/mol. The number of nitrogens with zero attached hydrogens (tertiary/aromatic N) is 1. The second kappa shape index (κ2) is 4.35. The molecule has 1 aromatic carbocycles. The Morgan fingerprint density at radius 3 is 2.30 bits per heavy atom. The molecule has 0 bridgehead atoms. The Balaban J connectivity index is 0.000000810. The van der Waals surface area contributed by atoms with E-state index in [1.807, 2.05) is 6.07 Å². The van der Waals surface area contributed by atoms with Crippen LogP contribution in [0.4, 0.5) is 0 Å². The molecule has 10 heavy (non-hydrogen) atoms. The monoisotopic (exact) mass is 142 g/mol. The zero-order chi connectivity index (χ0) is 6.69. The fourth-order valence-electron chi connectivity index (χ4n) is 0.568. The fraction of sp³-hybridized carbons (Fsp3) is 0. The van der Waals surface area contributed by atoms with Crippen LogP contribution in [0, 0.1) is 11.3 Å². The van der Waals surface area contributed by atoms with E-state index in [1.165, 1.54) is 6.07 Å². The zero-order valence-electron chi connectivity index (χ0n) is 5.70. The Labute approximate surface area is 81.4 Å². The number of aromatic hydroxyl groups is 1. The van der Waals surface area contributed by atoms with Crippen LogP contribution in [0.2, 0.25) is 0 Å². The Bertz CT molecular complexity index is 254. The molecule has 1 aromatic rings. The number of phenols is 1. The van der Waals surface area contributed by atoms with E-state index < -0.39 is 0 Å². The maximum absolute atomic E-state index is 8.89. The number of phenolic OH excluding ortho intramolecular Hbond substituents is 1. The summed E-state index contributed by atoms with van der Waals surface area (Å²) < 4.78 is 0. The van der Waals surface area contributed by atoms with E-state index >= 15 is 0 Å². The first-order chi connectivity index (χ1) is 4.34. The van der Waals surface area contributed by atoms with Crippen molar-refractivity contribution >= 4 is 29.6 Å². The number of rotatable bonds is 0. The second-order valence-corrected chi connectivity index (χ2v) is 1.63. The first kappa shape index (κ1) is 9.51. The van der Waals surface area contributed by atoms with Gasteiger partial charge in [-0.15, -0.1) is 0 Å². The standard InChI is InChI=1S/C7H5NO.Na/c8-5-6-3-1-2-4-7(6)9;/h1-4,9H;. The van der Waals surface area contributed by atoms with Crippen LogP contribution < -0.4 is 0 Å². The molecule has 0 aliphatic rings. The molecule has 0 aliphatic carbocycles. The number of nitriles is 1. The Kier molecular flexibility index (Phi) is 4.13.